The Hall–Kier alpha value is -4.60. The maximum atomic E-state index is 13.5. The van der Waals surface area contributed by atoms with Crippen molar-refractivity contribution >= 4 is 11.6 Å². The van der Waals surface area contributed by atoms with Crippen molar-refractivity contribution in [1.82, 2.24) is 19.1 Å². The van der Waals surface area contributed by atoms with Gasteiger partial charge < -0.3 is 20.5 Å². The van der Waals surface area contributed by atoms with Crippen molar-refractivity contribution in [2.24, 2.45) is 0 Å². The molecule has 0 fully saturated rings. The molecule has 10 nitrogen and oxygen atoms in total. The van der Waals surface area contributed by atoms with E-state index < -0.39 is 11.2 Å². The Morgan fingerprint density at radius 2 is 1.46 bits per heavy atom. The lowest BCUT2D eigenvalue weighted by Crippen LogP contribution is -2.41. The third-order valence-corrected chi connectivity index (χ3v) is 5.56. The van der Waals surface area contributed by atoms with Crippen molar-refractivity contribution in [3.05, 3.63) is 105 Å². The van der Waals surface area contributed by atoms with Crippen molar-refractivity contribution in [1.29, 1.82) is 0 Å². The molecule has 2 aromatic heterocycles. The fourth-order valence-corrected chi connectivity index (χ4v) is 3.58. The number of nitrogens with one attached hydrogen (secondary N) is 1. The number of benzene rings is 2. The van der Waals surface area contributed by atoms with Crippen LogP contribution < -0.4 is 31.8 Å². The van der Waals surface area contributed by atoms with Gasteiger partial charge in [0.25, 0.3) is 5.56 Å². The molecule has 3 N–H and O–H groups in total. The predicted molar refractivity (Wildman–Crippen MR) is 133 cm³/mol. The number of aromatic nitrogens is 4. The molecule has 4 rings (SSSR count). The molecule has 0 aliphatic carbocycles. The van der Waals surface area contributed by atoms with Crippen LogP contribution in [0.1, 0.15) is 16.7 Å². The summed E-state index contributed by atoms with van der Waals surface area (Å²) >= 11 is 0. The van der Waals surface area contributed by atoms with Crippen LogP contribution in [0.4, 0.5) is 11.6 Å². The van der Waals surface area contributed by atoms with E-state index in [1.165, 1.54) is 21.5 Å². The van der Waals surface area contributed by atoms with Gasteiger partial charge in [0.05, 0.1) is 27.3 Å². The molecule has 0 spiro atoms. The standard InChI is InChI=1S/C25H26N6O4/c1-34-20-7-3-17(4-8-20)14-30-22(28-13-19-12-27-16-29-24(19)26)11-23(32)31(25(30)33)15-18-5-9-21(35-2)10-6-18/h3-12,16,28H,13-15H2,1-2H3,(H2,26,27,29). The van der Waals surface area contributed by atoms with E-state index in [0.29, 0.717) is 28.7 Å². The molecular weight excluding hydrogens is 448 g/mol. The Bertz CT molecular complexity index is 1410. The molecule has 0 bridgehead atoms. The van der Waals surface area contributed by atoms with E-state index in [4.69, 9.17) is 15.2 Å². The Balaban J connectivity index is 1.71. The summed E-state index contributed by atoms with van der Waals surface area (Å²) < 4.78 is 13.1. The molecule has 0 radical (unpaired) electrons. The van der Waals surface area contributed by atoms with E-state index >= 15 is 0 Å². The second-order valence-corrected chi connectivity index (χ2v) is 7.81. The molecular formula is C25H26N6O4. The lowest BCUT2D eigenvalue weighted by atomic mass is 10.2. The molecule has 0 saturated heterocycles. The van der Waals surface area contributed by atoms with Crippen LogP contribution in [0.15, 0.2) is 76.7 Å². The van der Waals surface area contributed by atoms with Gasteiger partial charge in [0.15, 0.2) is 0 Å². The normalized spacial score (nSPS) is 10.7. The summed E-state index contributed by atoms with van der Waals surface area (Å²) in [6.07, 6.45) is 2.95. The van der Waals surface area contributed by atoms with E-state index in [9.17, 15) is 9.59 Å². The predicted octanol–water partition coefficient (Wildman–Crippen LogP) is 2.11. The Morgan fingerprint density at radius 1 is 0.886 bits per heavy atom. The van der Waals surface area contributed by atoms with E-state index in [2.05, 4.69) is 15.3 Å². The summed E-state index contributed by atoms with van der Waals surface area (Å²) in [6.45, 7) is 0.621. The van der Waals surface area contributed by atoms with Gasteiger partial charge in [0.1, 0.15) is 29.5 Å². The average molecular weight is 475 g/mol. The quantitative estimate of drug-likeness (QED) is 0.378. The highest BCUT2D eigenvalue weighted by Gasteiger charge is 2.14. The highest BCUT2D eigenvalue weighted by molar-refractivity contribution is 5.42. The smallest absolute Gasteiger partial charge is 0.333 e. The van der Waals surface area contributed by atoms with E-state index in [1.54, 1.807) is 32.5 Å². The van der Waals surface area contributed by atoms with E-state index in [1.807, 2.05) is 36.4 Å². The zero-order chi connectivity index (χ0) is 24.8. The van der Waals surface area contributed by atoms with Crippen LogP contribution in [-0.2, 0) is 19.6 Å². The van der Waals surface area contributed by atoms with Gasteiger partial charge in [0.2, 0.25) is 0 Å². The summed E-state index contributed by atoms with van der Waals surface area (Å²) in [5.74, 6) is 2.10. The third-order valence-electron chi connectivity index (χ3n) is 5.56. The summed E-state index contributed by atoms with van der Waals surface area (Å²) in [5, 5.41) is 3.15. The number of hydrogen-bond donors (Lipinski definition) is 2. The minimum Gasteiger partial charge on any atom is -0.497 e. The summed E-state index contributed by atoms with van der Waals surface area (Å²) in [4.78, 5) is 34.5. The molecule has 0 aliphatic heterocycles. The number of methoxy groups -OCH3 is 2. The van der Waals surface area contributed by atoms with Gasteiger partial charge in [0, 0.05) is 24.4 Å². The highest BCUT2D eigenvalue weighted by Crippen LogP contribution is 2.15. The lowest BCUT2D eigenvalue weighted by Gasteiger charge is -2.17. The summed E-state index contributed by atoms with van der Waals surface area (Å²) in [5.41, 5.74) is 7.38. The van der Waals surface area contributed by atoms with Gasteiger partial charge in [-0.25, -0.2) is 14.8 Å². The Kier molecular flexibility index (Phi) is 7.10. The first-order valence-electron chi connectivity index (χ1n) is 10.9. The van der Waals surface area contributed by atoms with Crippen LogP contribution in [0.5, 0.6) is 11.5 Å². The number of nitrogens with zero attached hydrogens (tertiary/aromatic N) is 4. The number of rotatable bonds is 9. The Morgan fingerprint density at radius 3 is 2.00 bits per heavy atom. The fourth-order valence-electron chi connectivity index (χ4n) is 3.58. The Labute approximate surface area is 201 Å². The monoisotopic (exact) mass is 474 g/mol. The first kappa shape index (κ1) is 23.6. The molecule has 35 heavy (non-hydrogen) atoms. The van der Waals surface area contributed by atoms with Crippen molar-refractivity contribution in [3.63, 3.8) is 0 Å². The zero-order valence-electron chi connectivity index (χ0n) is 19.5. The van der Waals surface area contributed by atoms with Crippen molar-refractivity contribution in [3.8, 4) is 11.5 Å². The summed E-state index contributed by atoms with van der Waals surface area (Å²) in [7, 11) is 3.17. The molecule has 4 aromatic rings. The van der Waals surface area contributed by atoms with Gasteiger partial charge >= 0.3 is 5.69 Å². The zero-order valence-corrected chi connectivity index (χ0v) is 19.5. The van der Waals surface area contributed by atoms with Gasteiger partial charge in [-0.15, -0.1) is 0 Å². The van der Waals surface area contributed by atoms with E-state index in [-0.39, 0.29) is 19.6 Å². The largest absolute Gasteiger partial charge is 0.497 e. The van der Waals surface area contributed by atoms with Gasteiger partial charge in [-0.3, -0.25) is 13.9 Å². The van der Waals surface area contributed by atoms with Crippen molar-refractivity contribution < 1.29 is 9.47 Å². The minimum absolute atomic E-state index is 0.129. The molecule has 0 unspecified atom stereocenters. The number of ether oxygens (including phenoxy) is 2. The highest BCUT2D eigenvalue weighted by atomic mass is 16.5. The van der Waals surface area contributed by atoms with E-state index in [0.717, 1.165) is 11.1 Å². The topological polar surface area (TPSA) is 126 Å². The molecule has 0 atom stereocenters. The molecule has 180 valence electrons. The molecule has 10 heteroatoms. The fraction of sp³-hybridized carbons (Fsp3) is 0.200. The van der Waals surface area contributed by atoms with Crippen LogP contribution in [-0.4, -0.2) is 33.3 Å². The van der Waals surface area contributed by atoms with Gasteiger partial charge in [-0.05, 0) is 35.4 Å². The van der Waals surface area contributed by atoms with Crippen LogP contribution >= 0.6 is 0 Å². The molecule has 2 heterocycles. The minimum atomic E-state index is -0.441. The second-order valence-electron chi connectivity index (χ2n) is 7.81. The first-order valence-corrected chi connectivity index (χ1v) is 10.9. The average Bonchev–Trinajstić information content (AvgIpc) is 2.88. The first-order chi connectivity index (χ1) is 17.0. The lowest BCUT2D eigenvalue weighted by molar-refractivity contribution is 0.414. The number of anilines is 2. The van der Waals surface area contributed by atoms with Crippen molar-refractivity contribution in [2.75, 3.05) is 25.3 Å². The third kappa shape index (κ3) is 5.49. The van der Waals surface area contributed by atoms with Gasteiger partial charge in [-0.1, -0.05) is 24.3 Å². The SMILES string of the molecule is COc1ccc(Cn2c(NCc3cncnc3N)cc(=O)n(Cc3ccc(OC)cc3)c2=O)cc1. The molecule has 0 amide bonds. The summed E-state index contributed by atoms with van der Waals surface area (Å²) in [6, 6.07) is 16.0. The van der Waals surface area contributed by atoms with Crippen LogP contribution in [0, 0.1) is 0 Å². The molecule has 2 aromatic carbocycles. The van der Waals surface area contributed by atoms with Crippen molar-refractivity contribution in [2.45, 2.75) is 19.6 Å². The van der Waals surface area contributed by atoms with Crippen LogP contribution in [0.2, 0.25) is 0 Å². The number of nitrogen functional groups attached to an aromatic ring is 1. The number of hydrogen-bond acceptors (Lipinski definition) is 8. The van der Waals surface area contributed by atoms with Gasteiger partial charge in [-0.2, -0.15) is 0 Å². The molecule has 0 aliphatic rings. The maximum absolute atomic E-state index is 13.5. The second kappa shape index (κ2) is 10.6. The maximum Gasteiger partial charge on any atom is 0.333 e. The van der Waals surface area contributed by atoms with Crippen LogP contribution in [0.25, 0.3) is 0 Å². The molecule has 0 saturated carbocycles. The van der Waals surface area contributed by atoms with Crippen LogP contribution in [0.3, 0.4) is 0 Å². The number of nitrogens with two attached hydrogens (primary N) is 1.